The maximum absolute atomic E-state index is 5.66. The molecule has 1 aromatic heterocycles. The van der Waals surface area contributed by atoms with Crippen LogP contribution in [0.1, 0.15) is 30.5 Å². The Morgan fingerprint density at radius 1 is 1.58 bits per heavy atom. The quantitative estimate of drug-likeness (QED) is 0.869. The van der Waals surface area contributed by atoms with Gasteiger partial charge in [-0.25, -0.2) is 0 Å². The van der Waals surface area contributed by atoms with Crippen LogP contribution in [0.4, 0.5) is 0 Å². The van der Waals surface area contributed by atoms with Crippen LogP contribution in [-0.4, -0.2) is 24.0 Å². The van der Waals surface area contributed by atoms with Gasteiger partial charge >= 0.3 is 0 Å². The SMILES string of the molecule is Cc1cnc(C(C=NC2CCCCO2)=CN)cc1Br. The van der Waals surface area contributed by atoms with Crippen LogP contribution in [-0.2, 0) is 4.74 Å². The van der Waals surface area contributed by atoms with E-state index in [-0.39, 0.29) is 6.23 Å². The van der Waals surface area contributed by atoms with Crippen molar-refractivity contribution >= 4 is 27.7 Å². The number of nitrogens with two attached hydrogens (primary N) is 1. The molecule has 0 saturated carbocycles. The molecular formula is C14H18BrN3O. The number of allylic oxidation sites excluding steroid dienone is 1. The van der Waals surface area contributed by atoms with Crippen LogP contribution in [0, 0.1) is 6.92 Å². The second-order valence-electron chi connectivity index (χ2n) is 4.54. The molecule has 0 radical (unpaired) electrons. The number of aliphatic imine (C=N–C) groups is 1. The Balaban J connectivity index is 2.11. The summed E-state index contributed by atoms with van der Waals surface area (Å²) in [6, 6.07) is 1.95. The number of hydrogen-bond acceptors (Lipinski definition) is 4. The summed E-state index contributed by atoms with van der Waals surface area (Å²) in [7, 11) is 0. The first-order chi connectivity index (χ1) is 9.20. The average Bonchev–Trinajstić information content (AvgIpc) is 2.44. The van der Waals surface area contributed by atoms with Gasteiger partial charge in [0.15, 0.2) is 0 Å². The Morgan fingerprint density at radius 3 is 3.05 bits per heavy atom. The van der Waals surface area contributed by atoms with Crippen molar-refractivity contribution < 1.29 is 4.74 Å². The topological polar surface area (TPSA) is 60.5 Å². The molecule has 1 aromatic rings. The highest BCUT2D eigenvalue weighted by Crippen LogP contribution is 2.20. The van der Waals surface area contributed by atoms with E-state index in [2.05, 4.69) is 25.9 Å². The fourth-order valence-corrected chi connectivity index (χ4v) is 2.18. The van der Waals surface area contributed by atoms with E-state index in [1.165, 1.54) is 6.20 Å². The van der Waals surface area contributed by atoms with Gasteiger partial charge in [-0.15, -0.1) is 0 Å². The molecule has 5 heteroatoms. The second-order valence-corrected chi connectivity index (χ2v) is 5.39. The second kappa shape index (κ2) is 6.82. The minimum absolute atomic E-state index is 0.0439. The van der Waals surface area contributed by atoms with Gasteiger partial charge in [-0.3, -0.25) is 9.98 Å². The predicted molar refractivity (Wildman–Crippen MR) is 80.9 cm³/mol. The molecule has 1 saturated heterocycles. The summed E-state index contributed by atoms with van der Waals surface area (Å²) in [6.07, 6.45) is 8.30. The molecule has 19 heavy (non-hydrogen) atoms. The first kappa shape index (κ1) is 14.2. The molecule has 0 spiro atoms. The molecule has 1 atom stereocenters. The number of halogens is 1. The number of nitrogens with zero attached hydrogens (tertiary/aromatic N) is 2. The zero-order valence-electron chi connectivity index (χ0n) is 11.0. The van der Waals surface area contributed by atoms with Gasteiger partial charge in [0, 0.05) is 35.3 Å². The van der Waals surface area contributed by atoms with Crippen molar-refractivity contribution in [3.63, 3.8) is 0 Å². The van der Waals surface area contributed by atoms with Crippen LogP contribution >= 0.6 is 15.9 Å². The summed E-state index contributed by atoms with van der Waals surface area (Å²) in [5.41, 5.74) is 8.36. The van der Waals surface area contributed by atoms with Gasteiger partial charge in [0.2, 0.25) is 0 Å². The lowest BCUT2D eigenvalue weighted by Gasteiger charge is -2.18. The third-order valence-corrected chi connectivity index (χ3v) is 3.90. The van der Waals surface area contributed by atoms with Crippen molar-refractivity contribution in [2.24, 2.45) is 10.7 Å². The first-order valence-electron chi connectivity index (χ1n) is 6.40. The predicted octanol–water partition coefficient (Wildman–Crippen LogP) is 3.05. The zero-order valence-corrected chi connectivity index (χ0v) is 12.6. The van der Waals surface area contributed by atoms with Crippen molar-refractivity contribution in [3.05, 3.63) is 34.2 Å². The van der Waals surface area contributed by atoms with E-state index in [0.29, 0.717) is 0 Å². The van der Waals surface area contributed by atoms with E-state index >= 15 is 0 Å². The zero-order chi connectivity index (χ0) is 13.7. The van der Waals surface area contributed by atoms with Crippen LogP contribution in [0.3, 0.4) is 0 Å². The van der Waals surface area contributed by atoms with Crippen molar-refractivity contribution in [3.8, 4) is 0 Å². The molecule has 4 nitrogen and oxygen atoms in total. The molecule has 2 heterocycles. The van der Waals surface area contributed by atoms with Crippen LogP contribution in [0.5, 0.6) is 0 Å². The Labute approximate surface area is 121 Å². The van der Waals surface area contributed by atoms with Crippen LogP contribution in [0.25, 0.3) is 5.57 Å². The molecule has 1 aliphatic rings. The Morgan fingerprint density at radius 2 is 2.42 bits per heavy atom. The minimum Gasteiger partial charge on any atom is -0.404 e. The Kier molecular flexibility index (Phi) is 5.10. The molecular weight excluding hydrogens is 306 g/mol. The van der Waals surface area contributed by atoms with Gasteiger partial charge in [-0.2, -0.15) is 0 Å². The fourth-order valence-electron chi connectivity index (χ4n) is 1.86. The number of pyridine rings is 1. The van der Waals surface area contributed by atoms with Crippen LogP contribution < -0.4 is 5.73 Å². The largest absolute Gasteiger partial charge is 0.404 e. The van der Waals surface area contributed by atoms with Gasteiger partial charge in [0.25, 0.3) is 0 Å². The minimum atomic E-state index is -0.0439. The van der Waals surface area contributed by atoms with Crippen molar-refractivity contribution in [1.29, 1.82) is 0 Å². The standard InChI is InChI=1S/C14H18BrN3O/c1-10-8-17-13(6-12(10)15)11(7-16)9-18-14-4-2-3-5-19-14/h6-9,14H,2-5,16H2,1H3. The monoisotopic (exact) mass is 323 g/mol. The highest BCUT2D eigenvalue weighted by Gasteiger charge is 2.11. The van der Waals surface area contributed by atoms with Gasteiger partial charge in [-0.1, -0.05) is 15.9 Å². The van der Waals surface area contributed by atoms with E-state index < -0.39 is 0 Å². The lowest BCUT2D eigenvalue weighted by molar-refractivity contribution is 0.0227. The van der Waals surface area contributed by atoms with Crippen molar-refractivity contribution in [1.82, 2.24) is 4.98 Å². The van der Waals surface area contributed by atoms with E-state index in [4.69, 9.17) is 10.5 Å². The van der Waals surface area contributed by atoms with Crippen LogP contribution in [0.2, 0.25) is 0 Å². The van der Waals surface area contributed by atoms with Gasteiger partial charge in [-0.05, 0) is 37.8 Å². The molecule has 1 fully saturated rings. The molecule has 0 bridgehead atoms. The van der Waals surface area contributed by atoms with E-state index in [9.17, 15) is 0 Å². The first-order valence-corrected chi connectivity index (χ1v) is 7.19. The maximum atomic E-state index is 5.66. The molecule has 0 amide bonds. The third kappa shape index (κ3) is 3.88. The number of ether oxygens (including phenoxy) is 1. The van der Waals surface area contributed by atoms with E-state index in [1.54, 1.807) is 6.21 Å². The summed E-state index contributed by atoms with van der Waals surface area (Å²) in [5.74, 6) is 0. The summed E-state index contributed by atoms with van der Waals surface area (Å²) in [4.78, 5) is 8.80. The normalized spacial score (nSPS) is 20.9. The Hall–Kier alpha value is -1.20. The molecule has 2 N–H and O–H groups in total. The smallest absolute Gasteiger partial charge is 0.148 e. The molecule has 2 rings (SSSR count). The van der Waals surface area contributed by atoms with E-state index in [1.807, 2.05) is 19.2 Å². The molecule has 102 valence electrons. The third-order valence-electron chi connectivity index (χ3n) is 3.05. The average molecular weight is 324 g/mol. The highest BCUT2D eigenvalue weighted by atomic mass is 79.9. The lowest BCUT2D eigenvalue weighted by atomic mass is 10.1. The lowest BCUT2D eigenvalue weighted by Crippen LogP contribution is -2.16. The number of aryl methyl sites for hydroxylation is 1. The highest BCUT2D eigenvalue weighted by molar-refractivity contribution is 9.10. The number of rotatable bonds is 3. The molecule has 1 unspecified atom stereocenters. The summed E-state index contributed by atoms with van der Waals surface area (Å²) >= 11 is 3.49. The fraction of sp³-hybridized carbons (Fsp3) is 0.429. The molecule has 1 aliphatic heterocycles. The summed E-state index contributed by atoms with van der Waals surface area (Å²) in [5, 5.41) is 0. The van der Waals surface area contributed by atoms with Crippen molar-refractivity contribution in [2.75, 3.05) is 6.61 Å². The van der Waals surface area contributed by atoms with E-state index in [0.717, 1.165) is 47.2 Å². The molecule has 0 aromatic carbocycles. The summed E-state index contributed by atoms with van der Waals surface area (Å²) in [6.45, 7) is 2.79. The van der Waals surface area contributed by atoms with Gasteiger partial charge < -0.3 is 10.5 Å². The van der Waals surface area contributed by atoms with Gasteiger partial charge in [0.05, 0.1) is 5.69 Å². The number of hydrogen-bond donors (Lipinski definition) is 1. The van der Waals surface area contributed by atoms with Gasteiger partial charge in [0.1, 0.15) is 6.23 Å². The Bertz CT molecular complexity index is 493. The van der Waals surface area contributed by atoms with Crippen LogP contribution in [0.15, 0.2) is 27.9 Å². The van der Waals surface area contributed by atoms with Crippen molar-refractivity contribution in [2.45, 2.75) is 32.4 Å². The maximum Gasteiger partial charge on any atom is 0.148 e. The summed E-state index contributed by atoms with van der Waals surface area (Å²) < 4.78 is 6.57. The molecule has 0 aliphatic carbocycles. The number of aromatic nitrogens is 1.